The number of rotatable bonds is 5. The molecule has 0 aliphatic rings. The maximum Gasteiger partial charge on any atom is 0.415 e. The van der Waals surface area contributed by atoms with E-state index in [4.69, 9.17) is 5.11 Å². The minimum atomic E-state index is -4.59. The first-order chi connectivity index (χ1) is 7.43. The molecule has 1 aromatic heterocycles. The van der Waals surface area contributed by atoms with Crippen molar-refractivity contribution in [2.45, 2.75) is 37.2 Å². The number of thioether (sulfide) groups is 1. The molecule has 2 N–H and O–H groups in total. The third-order valence-corrected chi connectivity index (χ3v) is 2.67. The zero-order valence-electron chi connectivity index (χ0n) is 8.58. The summed E-state index contributed by atoms with van der Waals surface area (Å²) in [5.41, 5.74) is 0. The third-order valence-electron chi connectivity index (χ3n) is 1.75. The Morgan fingerprint density at radius 1 is 1.50 bits per heavy atom. The van der Waals surface area contributed by atoms with Crippen LogP contribution in [0.15, 0.2) is 5.16 Å². The van der Waals surface area contributed by atoms with E-state index in [2.05, 4.69) is 15.2 Å². The Balaban J connectivity index is 2.42. The smallest absolute Gasteiger partial charge is 0.383 e. The summed E-state index contributed by atoms with van der Waals surface area (Å²) in [6.45, 7) is 1.96. The number of aliphatic hydroxyl groups is 1. The number of H-pyrrole nitrogens is 1. The summed E-state index contributed by atoms with van der Waals surface area (Å²) in [5.74, 6) is 0.152. The molecule has 16 heavy (non-hydrogen) atoms. The molecule has 1 atom stereocenters. The predicted octanol–water partition coefficient (Wildman–Crippen LogP) is 1.77. The molecule has 0 radical (unpaired) electrons. The molecule has 0 aliphatic carbocycles. The van der Waals surface area contributed by atoms with Crippen molar-refractivity contribution in [3.8, 4) is 0 Å². The normalized spacial score (nSPS) is 14.1. The van der Waals surface area contributed by atoms with Gasteiger partial charge < -0.3 is 5.11 Å². The van der Waals surface area contributed by atoms with Gasteiger partial charge in [0.25, 0.3) is 0 Å². The monoisotopic (exact) mass is 255 g/mol. The van der Waals surface area contributed by atoms with Crippen LogP contribution in [0.5, 0.6) is 0 Å². The van der Waals surface area contributed by atoms with Gasteiger partial charge in [-0.05, 0) is 6.42 Å². The summed E-state index contributed by atoms with van der Waals surface area (Å²) in [4.78, 5) is 3.97. The van der Waals surface area contributed by atoms with Crippen LogP contribution in [0, 0.1) is 0 Å². The van der Waals surface area contributed by atoms with E-state index in [9.17, 15) is 13.2 Å². The SMILES string of the molecule is CCCc1nc(SC[C@@H](O)C(F)(F)F)n[nH]1. The molecule has 92 valence electrons. The van der Waals surface area contributed by atoms with Crippen molar-refractivity contribution in [2.75, 3.05) is 5.75 Å². The number of aryl methyl sites for hydroxylation is 1. The lowest BCUT2D eigenvalue weighted by Crippen LogP contribution is -2.30. The minimum Gasteiger partial charge on any atom is -0.383 e. The number of aromatic nitrogens is 3. The summed E-state index contributed by atoms with van der Waals surface area (Å²) in [7, 11) is 0. The summed E-state index contributed by atoms with van der Waals surface area (Å²) >= 11 is 0.779. The molecule has 1 aromatic rings. The first-order valence-corrected chi connectivity index (χ1v) is 5.71. The first kappa shape index (κ1) is 13.3. The van der Waals surface area contributed by atoms with Crippen LogP contribution < -0.4 is 0 Å². The lowest BCUT2D eigenvalue weighted by atomic mass is 10.3. The van der Waals surface area contributed by atoms with E-state index in [0.29, 0.717) is 12.2 Å². The molecule has 1 heterocycles. The average Bonchev–Trinajstić information content (AvgIpc) is 2.61. The Kier molecular flexibility index (Phi) is 4.60. The van der Waals surface area contributed by atoms with Crippen molar-refractivity contribution >= 4 is 11.8 Å². The van der Waals surface area contributed by atoms with E-state index in [-0.39, 0.29) is 5.16 Å². The number of halogens is 3. The van der Waals surface area contributed by atoms with Crippen LogP contribution >= 0.6 is 11.8 Å². The van der Waals surface area contributed by atoms with Gasteiger partial charge in [-0.2, -0.15) is 13.2 Å². The number of alkyl halides is 3. The quantitative estimate of drug-likeness (QED) is 0.787. The van der Waals surface area contributed by atoms with Crippen LogP contribution in [0.3, 0.4) is 0 Å². The predicted molar refractivity (Wildman–Crippen MR) is 53.2 cm³/mol. The van der Waals surface area contributed by atoms with E-state index < -0.39 is 18.0 Å². The fourth-order valence-electron chi connectivity index (χ4n) is 0.939. The molecule has 0 saturated carbocycles. The lowest BCUT2D eigenvalue weighted by Gasteiger charge is -2.12. The van der Waals surface area contributed by atoms with E-state index >= 15 is 0 Å². The zero-order chi connectivity index (χ0) is 12.2. The Morgan fingerprint density at radius 3 is 2.75 bits per heavy atom. The topological polar surface area (TPSA) is 61.8 Å². The third kappa shape index (κ3) is 4.01. The van der Waals surface area contributed by atoms with Crippen molar-refractivity contribution in [1.82, 2.24) is 15.2 Å². The molecule has 4 nitrogen and oxygen atoms in total. The Hall–Kier alpha value is -0.760. The largest absolute Gasteiger partial charge is 0.415 e. The number of aliphatic hydroxyl groups excluding tert-OH is 1. The molecule has 0 unspecified atom stereocenters. The van der Waals surface area contributed by atoms with Crippen LogP contribution in [0.4, 0.5) is 13.2 Å². The number of nitrogens with one attached hydrogen (secondary N) is 1. The van der Waals surface area contributed by atoms with E-state index in [1.54, 1.807) is 0 Å². The number of hydrogen-bond donors (Lipinski definition) is 2. The Labute approximate surface area is 94.7 Å². The van der Waals surface area contributed by atoms with Gasteiger partial charge in [0, 0.05) is 12.2 Å². The lowest BCUT2D eigenvalue weighted by molar-refractivity contribution is -0.195. The minimum absolute atomic E-state index is 0.228. The van der Waals surface area contributed by atoms with Gasteiger partial charge >= 0.3 is 6.18 Å². The van der Waals surface area contributed by atoms with Crippen LogP contribution in [-0.2, 0) is 6.42 Å². The van der Waals surface area contributed by atoms with E-state index in [0.717, 1.165) is 18.2 Å². The van der Waals surface area contributed by atoms with Crippen LogP contribution in [0.2, 0.25) is 0 Å². The molecule has 0 aliphatic heterocycles. The summed E-state index contributed by atoms with van der Waals surface area (Å²) < 4.78 is 35.9. The van der Waals surface area contributed by atoms with Gasteiger partial charge in [-0.15, -0.1) is 5.10 Å². The van der Waals surface area contributed by atoms with Crippen LogP contribution in [-0.4, -0.2) is 38.3 Å². The van der Waals surface area contributed by atoms with Crippen molar-refractivity contribution in [2.24, 2.45) is 0 Å². The zero-order valence-corrected chi connectivity index (χ0v) is 9.40. The Bertz CT molecular complexity index is 329. The Morgan fingerprint density at radius 2 is 2.19 bits per heavy atom. The van der Waals surface area contributed by atoms with Crippen molar-refractivity contribution < 1.29 is 18.3 Å². The molecular formula is C8H12F3N3OS. The van der Waals surface area contributed by atoms with Crippen molar-refractivity contribution in [3.63, 3.8) is 0 Å². The number of aromatic amines is 1. The highest BCUT2D eigenvalue weighted by atomic mass is 32.2. The highest BCUT2D eigenvalue weighted by Crippen LogP contribution is 2.25. The first-order valence-electron chi connectivity index (χ1n) is 4.72. The van der Waals surface area contributed by atoms with Crippen LogP contribution in [0.25, 0.3) is 0 Å². The summed E-state index contributed by atoms with van der Waals surface area (Å²) in [6, 6.07) is 0. The van der Waals surface area contributed by atoms with E-state index in [1.807, 2.05) is 6.92 Å². The molecule has 1 rings (SSSR count). The molecule has 8 heteroatoms. The van der Waals surface area contributed by atoms with Crippen molar-refractivity contribution in [3.05, 3.63) is 5.82 Å². The molecule has 0 bridgehead atoms. The van der Waals surface area contributed by atoms with Gasteiger partial charge in [0.1, 0.15) is 5.82 Å². The second-order valence-electron chi connectivity index (χ2n) is 3.18. The van der Waals surface area contributed by atoms with Gasteiger partial charge in [-0.25, -0.2) is 4.98 Å². The molecule has 0 saturated heterocycles. The average molecular weight is 255 g/mol. The second kappa shape index (κ2) is 5.53. The standard InChI is InChI=1S/C8H12F3N3OS/c1-2-3-6-12-7(14-13-6)16-4-5(15)8(9,10)11/h5,15H,2-4H2,1H3,(H,12,13,14)/t5-/m1/s1. The number of nitrogens with zero attached hydrogens (tertiary/aromatic N) is 2. The maximum atomic E-state index is 12.0. The molecule has 0 spiro atoms. The van der Waals surface area contributed by atoms with Gasteiger partial charge in [0.2, 0.25) is 5.16 Å². The summed E-state index contributed by atoms with van der Waals surface area (Å²) in [5, 5.41) is 15.3. The van der Waals surface area contributed by atoms with Gasteiger partial charge in [-0.3, -0.25) is 5.10 Å². The molecule has 0 fully saturated rings. The fourth-order valence-corrected chi connectivity index (χ4v) is 1.72. The van der Waals surface area contributed by atoms with Gasteiger partial charge in [-0.1, -0.05) is 18.7 Å². The van der Waals surface area contributed by atoms with E-state index in [1.165, 1.54) is 0 Å². The number of hydrogen-bond acceptors (Lipinski definition) is 4. The summed E-state index contributed by atoms with van der Waals surface area (Å²) in [6.07, 6.45) is -5.35. The fraction of sp³-hybridized carbons (Fsp3) is 0.750. The van der Waals surface area contributed by atoms with Crippen molar-refractivity contribution in [1.29, 1.82) is 0 Å². The molecule has 0 amide bonds. The highest BCUT2D eigenvalue weighted by Gasteiger charge is 2.38. The molecular weight excluding hydrogens is 243 g/mol. The molecule has 0 aromatic carbocycles. The van der Waals surface area contributed by atoms with Crippen LogP contribution in [0.1, 0.15) is 19.2 Å². The highest BCUT2D eigenvalue weighted by molar-refractivity contribution is 7.99. The van der Waals surface area contributed by atoms with Gasteiger partial charge in [0.15, 0.2) is 6.10 Å². The maximum absolute atomic E-state index is 12.0. The second-order valence-corrected chi connectivity index (χ2v) is 4.17. The van der Waals surface area contributed by atoms with Gasteiger partial charge in [0.05, 0.1) is 0 Å².